The number of nitrogens with one attached hydrogen (secondary N) is 1. The molecule has 0 aliphatic heterocycles. The fourth-order valence-electron chi connectivity index (χ4n) is 2.84. The number of benzene rings is 3. The number of hydrogen-bond donors (Lipinski definition) is 1. The maximum absolute atomic E-state index is 12.9. The minimum atomic E-state index is -0.472. The number of carbonyl (C=O) groups excluding carboxylic acids is 1. The zero-order chi connectivity index (χ0) is 23.8. The zero-order valence-corrected chi connectivity index (χ0v) is 19.1. The molecule has 0 fully saturated rings. The van der Waals surface area contributed by atoms with Gasteiger partial charge in [-0.1, -0.05) is 42.1 Å². The number of amides is 1. The summed E-state index contributed by atoms with van der Waals surface area (Å²) in [4.78, 5) is 12.5. The van der Waals surface area contributed by atoms with Crippen molar-refractivity contribution in [1.82, 2.24) is 10.2 Å². The van der Waals surface area contributed by atoms with Crippen molar-refractivity contribution in [3.8, 4) is 11.5 Å². The number of anilines is 1. The molecule has 0 unspecified atom stereocenters. The highest BCUT2D eigenvalue weighted by Crippen LogP contribution is 2.24. The zero-order valence-electron chi connectivity index (χ0n) is 18.3. The van der Waals surface area contributed by atoms with Crippen molar-refractivity contribution in [3.05, 3.63) is 96.1 Å². The second-order valence-corrected chi connectivity index (χ2v) is 8.54. The molecule has 0 saturated carbocycles. The van der Waals surface area contributed by atoms with Gasteiger partial charge >= 0.3 is 0 Å². The minimum absolute atomic E-state index is 0.0401. The van der Waals surface area contributed by atoms with Crippen molar-refractivity contribution in [1.29, 1.82) is 0 Å². The number of nitrogens with zero attached hydrogens (tertiary/aromatic N) is 2. The predicted octanol–water partition coefficient (Wildman–Crippen LogP) is 5.49. The Morgan fingerprint density at radius 1 is 0.941 bits per heavy atom. The topological polar surface area (TPSA) is 86.5 Å². The summed E-state index contributed by atoms with van der Waals surface area (Å²) in [6.07, 6.45) is 0. The van der Waals surface area contributed by atoms with Crippen molar-refractivity contribution in [2.24, 2.45) is 0 Å². The molecule has 0 spiro atoms. The van der Waals surface area contributed by atoms with Crippen LogP contribution in [0.4, 0.5) is 10.1 Å². The lowest BCUT2D eigenvalue weighted by atomic mass is 10.2. The molecule has 3 aromatic carbocycles. The van der Waals surface area contributed by atoms with E-state index >= 15 is 0 Å². The number of carbonyl (C=O) groups is 1. The van der Waals surface area contributed by atoms with Gasteiger partial charge in [0.1, 0.15) is 23.9 Å². The van der Waals surface area contributed by atoms with E-state index in [2.05, 4.69) is 15.5 Å². The molecule has 4 rings (SSSR count). The van der Waals surface area contributed by atoms with E-state index in [0.717, 1.165) is 17.3 Å². The maximum Gasteiger partial charge on any atom is 0.277 e. The van der Waals surface area contributed by atoms with Gasteiger partial charge in [-0.2, -0.15) is 0 Å². The van der Waals surface area contributed by atoms with Crippen LogP contribution in [0.3, 0.4) is 0 Å². The standard InChI is InChI=1S/C25H22FN3O4S/c1-17(34-25-29-28-23(33-25)16-32-21-11-7-19(26)8-12-21)24(30)27-20-9-13-22(14-10-20)31-15-18-5-3-2-4-6-18/h2-14,17H,15-16H2,1H3,(H,27,30)/t17-/m0/s1. The van der Waals surface area contributed by atoms with Crippen LogP contribution < -0.4 is 14.8 Å². The largest absolute Gasteiger partial charge is 0.489 e. The van der Waals surface area contributed by atoms with Crippen LogP contribution in [0.25, 0.3) is 0 Å². The van der Waals surface area contributed by atoms with Crippen LogP contribution in [0.5, 0.6) is 11.5 Å². The fraction of sp³-hybridized carbons (Fsp3) is 0.160. The predicted molar refractivity (Wildman–Crippen MR) is 126 cm³/mol. The second-order valence-electron chi connectivity index (χ2n) is 7.25. The first kappa shape index (κ1) is 23.3. The van der Waals surface area contributed by atoms with Crippen LogP contribution in [-0.4, -0.2) is 21.4 Å². The van der Waals surface area contributed by atoms with Crippen LogP contribution in [0, 0.1) is 5.82 Å². The van der Waals surface area contributed by atoms with Gasteiger partial charge in [0.05, 0.1) is 5.25 Å². The van der Waals surface area contributed by atoms with Gasteiger partial charge < -0.3 is 19.2 Å². The van der Waals surface area contributed by atoms with E-state index < -0.39 is 5.25 Å². The van der Waals surface area contributed by atoms with Gasteiger partial charge in [0.2, 0.25) is 5.91 Å². The third kappa shape index (κ3) is 6.82. The van der Waals surface area contributed by atoms with Crippen molar-refractivity contribution in [3.63, 3.8) is 0 Å². The molecule has 34 heavy (non-hydrogen) atoms. The Hall–Kier alpha value is -3.85. The molecular formula is C25H22FN3O4S. The summed E-state index contributed by atoms with van der Waals surface area (Å²) in [6, 6.07) is 22.7. The molecule has 0 saturated heterocycles. The van der Waals surface area contributed by atoms with Crippen LogP contribution in [0.1, 0.15) is 18.4 Å². The Morgan fingerprint density at radius 2 is 1.59 bits per heavy atom. The molecule has 0 aliphatic carbocycles. The number of rotatable bonds is 10. The van der Waals surface area contributed by atoms with Gasteiger partial charge in [-0.15, -0.1) is 10.2 Å². The molecule has 1 amide bonds. The van der Waals surface area contributed by atoms with E-state index in [9.17, 15) is 9.18 Å². The van der Waals surface area contributed by atoms with Gasteiger partial charge in [-0.05, 0) is 61.0 Å². The molecule has 7 nitrogen and oxygen atoms in total. The summed E-state index contributed by atoms with van der Waals surface area (Å²) in [5.74, 6) is 0.905. The Labute approximate surface area is 200 Å². The molecule has 0 radical (unpaired) electrons. The molecule has 0 bridgehead atoms. The minimum Gasteiger partial charge on any atom is -0.489 e. The quantitative estimate of drug-likeness (QED) is 0.301. The highest BCUT2D eigenvalue weighted by atomic mass is 32.2. The van der Waals surface area contributed by atoms with E-state index in [1.54, 1.807) is 19.1 Å². The first-order valence-corrected chi connectivity index (χ1v) is 11.4. The Kier molecular flexibility index (Phi) is 7.77. The van der Waals surface area contributed by atoms with E-state index in [1.165, 1.54) is 24.3 Å². The van der Waals surface area contributed by atoms with Crippen molar-refractivity contribution >= 4 is 23.4 Å². The molecule has 1 N–H and O–H groups in total. The van der Waals surface area contributed by atoms with Gasteiger partial charge in [0.15, 0.2) is 6.61 Å². The highest BCUT2D eigenvalue weighted by molar-refractivity contribution is 8.00. The van der Waals surface area contributed by atoms with Crippen LogP contribution in [0.15, 0.2) is 88.5 Å². The van der Waals surface area contributed by atoms with Crippen LogP contribution in [-0.2, 0) is 18.0 Å². The summed E-state index contributed by atoms with van der Waals surface area (Å²) in [6.45, 7) is 2.26. The van der Waals surface area contributed by atoms with Crippen LogP contribution in [0.2, 0.25) is 0 Å². The number of aromatic nitrogens is 2. The fourth-order valence-corrected chi connectivity index (χ4v) is 3.54. The summed E-state index contributed by atoms with van der Waals surface area (Å²) in [5, 5.41) is 10.5. The van der Waals surface area contributed by atoms with Gasteiger partial charge in [0.25, 0.3) is 11.1 Å². The Morgan fingerprint density at radius 3 is 2.29 bits per heavy atom. The molecule has 1 heterocycles. The summed E-state index contributed by atoms with van der Waals surface area (Å²) >= 11 is 1.14. The molecule has 4 aromatic rings. The van der Waals surface area contributed by atoms with Gasteiger partial charge in [-0.3, -0.25) is 4.79 Å². The average Bonchev–Trinajstić information content (AvgIpc) is 3.31. The summed E-state index contributed by atoms with van der Waals surface area (Å²) < 4.78 is 29.7. The van der Waals surface area contributed by atoms with E-state index in [-0.39, 0.29) is 29.4 Å². The molecule has 174 valence electrons. The first-order chi connectivity index (χ1) is 16.5. The third-order valence-electron chi connectivity index (χ3n) is 4.64. The lowest BCUT2D eigenvalue weighted by molar-refractivity contribution is -0.115. The molecule has 0 aliphatic rings. The van der Waals surface area contributed by atoms with Gasteiger partial charge in [-0.25, -0.2) is 4.39 Å². The summed E-state index contributed by atoms with van der Waals surface area (Å²) in [7, 11) is 0. The Balaban J connectivity index is 1.23. The Bertz CT molecular complexity index is 1200. The lowest BCUT2D eigenvalue weighted by Gasteiger charge is -2.11. The van der Waals surface area contributed by atoms with E-state index in [1.807, 2.05) is 42.5 Å². The number of hydrogen-bond acceptors (Lipinski definition) is 7. The first-order valence-electron chi connectivity index (χ1n) is 10.5. The number of ether oxygens (including phenoxy) is 2. The van der Waals surface area contributed by atoms with Crippen molar-refractivity contribution < 1.29 is 23.1 Å². The smallest absolute Gasteiger partial charge is 0.277 e. The average molecular weight is 480 g/mol. The lowest BCUT2D eigenvalue weighted by Crippen LogP contribution is -2.22. The second kappa shape index (κ2) is 11.3. The molecule has 1 atom stereocenters. The van der Waals surface area contributed by atoms with Crippen molar-refractivity contribution in [2.45, 2.75) is 30.6 Å². The molecular weight excluding hydrogens is 457 g/mol. The number of thioether (sulfide) groups is 1. The van der Waals surface area contributed by atoms with E-state index in [0.29, 0.717) is 23.8 Å². The number of halogens is 1. The van der Waals surface area contributed by atoms with Crippen LogP contribution >= 0.6 is 11.8 Å². The third-order valence-corrected chi connectivity index (χ3v) is 5.58. The summed E-state index contributed by atoms with van der Waals surface area (Å²) in [5.41, 5.74) is 1.74. The molecule has 1 aromatic heterocycles. The van der Waals surface area contributed by atoms with E-state index in [4.69, 9.17) is 13.9 Å². The normalized spacial score (nSPS) is 11.6. The SMILES string of the molecule is C[C@H](Sc1nnc(COc2ccc(F)cc2)o1)C(=O)Nc1ccc(OCc2ccccc2)cc1. The van der Waals surface area contributed by atoms with Crippen molar-refractivity contribution in [2.75, 3.05) is 5.32 Å². The highest BCUT2D eigenvalue weighted by Gasteiger charge is 2.19. The molecule has 9 heteroatoms. The van der Waals surface area contributed by atoms with Gasteiger partial charge in [0, 0.05) is 5.69 Å². The monoisotopic (exact) mass is 479 g/mol. The maximum atomic E-state index is 12.9.